The summed E-state index contributed by atoms with van der Waals surface area (Å²) in [4.78, 5) is 15.5. The number of amides is 1. The van der Waals surface area contributed by atoms with E-state index in [0.29, 0.717) is 11.3 Å². The van der Waals surface area contributed by atoms with Crippen LogP contribution in [0, 0.1) is 0 Å². The molecule has 0 radical (unpaired) electrons. The van der Waals surface area contributed by atoms with Crippen molar-refractivity contribution in [3.63, 3.8) is 0 Å². The number of carbonyl (C=O) groups excluding carboxylic acids is 1. The van der Waals surface area contributed by atoms with Crippen molar-refractivity contribution < 1.29 is 9.21 Å². The SMILES string of the molecule is O=C1/C(=C\c2ccc(-c3ccc(Br)cc3)o2)C=C(c2ccccc2)N1c1ccc(Nc2ccccc2)cc1. The molecule has 0 saturated heterocycles. The first kappa shape index (κ1) is 23.8. The van der Waals surface area contributed by atoms with E-state index in [1.807, 2.05) is 127 Å². The van der Waals surface area contributed by atoms with Gasteiger partial charge in [0.25, 0.3) is 5.91 Å². The minimum Gasteiger partial charge on any atom is -0.457 e. The van der Waals surface area contributed by atoms with Gasteiger partial charge in [0.05, 0.1) is 5.70 Å². The molecule has 0 spiro atoms. The van der Waals surface area contributed by atoms with Crippen LogP contribution in [-0.2, 0) is 4.79 Å². The van der Waals surface area contributed by atoms with Gasteiger partial charge in [-0.3, -0.25) is 9.69 Å². The molecule has 38 heavy (non-hydrogen) atoms. The molecule has 0 saturated carbocycles. The molecule has 1 aromatic heterocycles. The van der Waals surface area contributed by atoms with E-state index in [1.165, 1.54) is 0 Å². The molecule has 0 aliphatic carbocycles. The van der Waals surface area contributed by atoms with Gasteiger partial charge in [-0.25, -0.2) is 0 Å². The first-order chi connectivity index (χ1) is 18.6. The van der Waals surface area contributed by atoms with Gasteiger partial charge in [0.1, 0.15) is 11.5 Å². The average Bonchev–Trinajstić information content (AvgIpc) is 3.55. The van der Waals surface area contributed by atoms with Gasteiger partial charge in [-0.15, -0.1) is 0 Å². The third-order valence-electron chi connectivity index (χ3n) is 6.29. The number of furan rings is 1. The van der Waals surface area contributed by atoms with Crippen LogP contribution in [0.4, 0.5) is 17.1 Å². The number of carbonyl (C=O) groups is 1. The van der Waals surface area contributed by atoms with E-state index >= 15 is 0 Å². The number of nitrogens with one attached hydrogen (secondary N) is 1. The first-order valence-corrected chi connectivity index (χ1v) is 13.0. The highest BCUT2D eigenvalue weighted by molar-refractivity contribution is 9.10. The summed E-state index contributed by atoms with van der Waals surface area (Å²) in [6, 6.07) is 39.6. The lowest BCUT2D eigenvalue weighted by atomic mass is 10.1. The van der Waals surface area contributed by atoms with Crippen LogP contribution in [0.25, 0.3) is 23.1 Å². The maximum absolute atomic E-state index is 13.7. The normalized spacial score (nSPS) is 14.1. The highest BCUT2D eigenvalue weighted by atomic mass is 79.9. The second kappa shape index (κ2) is 10.4. The minimum absolute atomic E-state index is 0.103. The quantitative estimate of drug-likeness (QED) is 0.211. The van der Waals surface area contributed by atoms with Crippen LogP contribution in [-0.4, -0.2) is 5.91 Å². The Balaban J connectivity index is 1.32. The third kappa shape index (κ3) is 4.97. The van der Waals surface area contributed by atoms with Gasteiger partial charge >= 0.3 is 0 Å². The summed E-state index contributed by atoms with van der Waals surface area (Å²) in [6.45, 7) is 0. The zero-order valence-electron chi connectivity index (χ0n) is 20.3. The molecule has 0 bridgehead atoms. The van der Waals surface area contributed by atoms with Crippen molar-refractivity contribution in [1.29, 1.82) is 0 Å². The average molecular weight is 559 g/mol. The Kier molecular flexibility index (Phi) is 6.51. The van der Waals surface area contributed by atoms with Crippen molar-refractivity contribution >= 4 is 50.7 Å². The van der Waals surface area contributed by atoms with Gasteiger partial charge in [0.2, 0.25) is 0 Å². The zero-order chi connectivity index (χ0) is 25.9. The number of nitrogens with zero attached hydrogens (tertiary/aromatic N) is 1. The number of hydrogen-bond acceptors (Lipinski definition) is 3. The Morgan fingerprint density at radius 3 is 2.05 bits per heavy atom. The Bertz CT molecular complexity index is 1640. The number of hydrogen-bond donors (Lipinski definition) is 1. The Hall–Kier alpha value is -4.61. The Morgan fingerprint density at radius 1 is 0.684 bits per heavy atom. The molecule has 0 atom stereocenters. The van der Waals surface area contributed by atoms with Crippen LogP contribution in [0.5, 0.6) is 0 Å². The lowest BCUT2D eigenvalue weighted by Crippen LogP contribution is -2.24. The summed E-state index contributed by atoms with van der Waals surface area (Å²) < 4.78 is 7.08. The molecule has 0 unspecified atom stereocenters. The number of anilines is 3. The van der Waals surface area contributed by atoms with Crippen LogP contribution in [0.15, 0.2) is 142 Å². The van der Waals surface area contributed by atoms with E-state index in [-0.39, 0.29) is 5.91 Å². The van der Waals surface area contributed by atoms with Crippen LogP contribution in [0.1, 0.15) is 11.3 Å². The van der Waals surface area contributed by atoms with Crippen molar-refractivity contribution in [3.05, 3.63) is 149 Å². The second-order valence-corrected chi connectivity index (χ2v) is 9.80. The number of halogens is 1. The molecule has 4 nitrogen and oxygen atoms in total. The summed E-state index contributed by atoms with van der Waals surface area (Å²) in [5.74, 6) is 1.27. The van der Waals surface area contributed by atoms with Crippen molar-refractivity contribution in [2.75, 3.05) is 10.2 Å². The topological polar surface area (TPSA) is 45.5 Å². The van der Waals surface area contributed by atoms with Gasteiger partial charge in [0.15, 0.2) is 0 Å². The van der Waals surface area contributed by atoms with E-state index in [0.717, 1.165) is 44.1 Å². The van der Waals surface area contributed by atoms with E-state index in [1.54, 1.807) is 11.0 Å². The summed E-state index contributed by atoms with van der Waals surface area (Å²) in [5.41, 5.74) is 6.07. The van der Waals surface area contributed by atoms with Crippen LogP contribution in [0.3, 0.4) is 0 Å². The molecule has 0 fully saturated rings. The van der Waals surface area contributed by atoms with Crippen molar-refractivity contribution in [3.8, 4) is 11.3 Å². The summed E-state index contributed by atoms with van der Waals surface area (Å²) in [6.07, 6.45) is 3.73. The van der Waals surface area contributed by atoms with Gasteiger partial charge in [-0.05, 0) is 78.4 Å². The fourth-order valence-electron chi connectivity index (χ4n) is 4.43. The van der Waals surface area contributed by atoms with Gasteiger partial charge in [-0.1, -0.05) is 76.6 Å². The molecule has 1 aliphatic heterocycles. The second-order valence-electron chi connectivity index (χ2n) is 8.88. The fraction of sp³-hybridized carbons (Fsp3) is 0. The minimum atomic E-state index is -0.103. The van der Waals surface area contributed by atoms with E-state index < -0.39 is 0 Å². The Morgan fingerprint density at radius 2 is 1.34 bits per heavy atom. The lowest BCUT2D eigenvalue weighted by molar-refractivity contribution is -0.113. The summed E-state index contributed by atoms with van der Waals surface area (Å²) in [7, 11) is 0. The largest absolute Gasteiger partial charge is 0.457 e. The monoisotopic (exact) mass is 558 g/mol. The molecule has 5 aromatic rings. The fourth-order valence-corrected chi connectivity index (χ4v) is 4.69. The number of para-hydroxylation sites is 1. The first-order valence-electron chi connectivity index (χ1n) is 12.3. The van der Waals surface area contributed by atoms with E-state index in [2.05, 4.69) is 21.2 Å². The standard InChI is InChI=1S/C33H23BrN2O2/c34-26-13-11-24(12-14-26)32-20-19-30(38-32)21-25-22-31(23-7-3-1-4-8-23)36(33(25)37)29-17-15-28(16-18-29)35-27-9-5-2-6-10-27/h1-22,35H/b25-21-. The molecule has 4 aromatic carbocycles. The predicted octanol–water partition coefficient (Wildman–Crippen LogP) is 8.92. The zero-order valence-corrected chi connectivity index (χ0v) is 21.9. The van der Waals surface area contributed by atoms with E-state index in [4.69, 9.17) is 4.42 Å². The Labute approximate surface area is 229 Å². The molecule has 6 rings (SSSR count). The molecular weight excluding hydrogens is 536 g/mol. The van der Waals surface area contributed by atoms with Crippen molar-refractivity contribution in [1.82, 2.24) is 0 Å². The summed E-state index contributed by atoms with van der Waals surface area (Å²) >= 11 is 3.46. The molecule has 1 amide bonds. The van der Waals surface area contributed by atoms with Gasteiger partial charge in [-0.2, -0.15) is 0 Å². The predicted molar refractivity (Wildman–Crippen MR) is 158 cm³/mol. The molecule has 5 heteroatoms. The third-order valence-corrected chi connectivity index (χ3v) is 6.82. The maximum Gasteiger partial charge on any atom is 0.263 e. The summed E-state index contributed by atoms with van der Waals surface area (Å²) in [5, 5.41) is 3.39. The van der Waals surface area contributed by atoms with Crippen molar-refractivity contribution in [2.45, 2.75) is 0 Å². The van der Waals surface area contributed by atoms with Gasteiger partial charge in [0, 0.05) is 32.7 Å². The highest BCUT2D eigenvalue weighted by Crippen LogP contribution is 2.36. The molecule has 2 heterocycles. The highest BCUT2D eigenvalue weighted by Gasteiger charge is 2.30. The smallest absolute Gasteiger partial charge is 0.263 e. The van der Waals surface area contributed by atoms with Gasteiger partial charge < -0.3 is 9.73 Å². The molecule has 1 N–H and O–H groups in total. The number of benzene rings is 4. The van der Waals surface area contributed by atoms with Crippen LogP contribution < -0.4 is 10.2 Å². The van der Waals surface area contributed by atoms with Crippen molar-refractivity contribution in [2.24, 2.45) is 0 Å². The number of rotatable bonds is 6. The molecular formula is C33H23BrN2O2. The van der Waals surface area contributed by atoms with Crippen LogP contribution in [0.2, 0.25) is 0 Å². The molecule has 1 aliphatic rings. The molecule has 184 valence electrons. The van der Waals surface area contributed by atoms with E-state index in [9.17, 15) is 4.79 Å². The lowest BCUT2D eigenvalue weighted by Gasteiger charge is -2.21. The maximum atomic E-state index is 13.7. The van der Waals surface area contributed by atoms with Crippen LogP contribution >= 0.6 is 15.9 Å².